The van der Waals surface area contributed by atoms with Crippen molar-refractivity contribution >= 4 is 50.7 Å². The smallest absolute Gasteiger partial charge is 0.338 e. The fraction of sp³-hybridized carbons (Fsp3) is 0.0938. The van der Waals surface area contributed by atoms with Crippen molar-refractivity contribution in [3.63, 3.8) is 0 Å². The molecule has 6 rings (SSSR count). The molecule has 0 saturated heterocycles. The number of carbonyl (C=O) groups is 2. The van der Waals surface area contributed by atoms with Gasteiger partial charge in [0.1, 0.15) is 0 Å². The lowest BCUT2D eigenvalue weighted by Gasteiger charge is -2.12. The molecule has 0 saturated carbocycles. The summed E-state index contributed by atoms with van der Waals surface area (Å²) >= 11 is 2.89. The van der Waals surface area contributed by atoms with E-state index in [0.29, 0.717) is 16.2 Å². The van der Waals surface area contributed by atoms with Crippen LogP contribution >= 0.6 is 22.7 Å². The van der Waals surface area contributed by atoms with Crippen LogP contribution in [0, 0.1) is 13.8 Å². The Morgan fingerprint density at radius 1 is 0.780 bits per heavy atom. The number of esters is 1. The number of thiazole rings is 1. The molecule has 0 spiro atoms. The molecule has 202 valence electrons. The maximum atomic E-state index is 12.9. The standard InChI is InChI=1S/C32H24N4O3S2/c1-19-5-9-21(10-6-19)29-30(22-11-7-20(2)8-12-22)34-25-16-23(13-14-24(25)33-29)31(38)39-17-28(37)36-32-35-26(18-41-32)27-4-3-15-40-27/h3-16,18H,17H2,1-2H3,(H,35,36,37). The molecule has 0 unspecified atom stereocenters. The highest BCUT2D eigenvalue weighted by atomic mass is 32.1. The highest BCUT2D eigenvalue weighted by Gasteiger charge is 2.17. The number of aryl methyl sites for hydroxylation is 2. The Morgan fingerprint density at radius 2 is 1.44 bits per heavy atom. The number of rotatable bonds is 7. The van der Waals surface area contributed by atoms with Crippen LogP contribution in [0.1, 0.15) is 21.5 Å². The quantitative estimate of drug-likeness (QED) is 0.197. The Hall–Kier alpha value is -4.73. The molecule has 0 aliphatic carbocycles. The molecular formula is C32H24N4O3S2. The minimum Gasteiger partial charge on any atom is -0.452 e. The molecule has 1 amide bonds. The first kappa shape index (κ1) is 26.5. The van der Waals surface area contributed by atoms with Crippen LogP contribution in [0.25, 0.3) is 44.1 Å². The van der Waals surface area contributed by atoms with E-state index in [9.17, 15) is 9.59 Å². The molecule has 6 aromatic rings. The number of amides is 1. The molecule has 41 heavy (non-hydrogen) atoms. The van der Waals surface area contributed by atoms with Crippen LogP contribution in [-0.2, 0) is 9.53 Å². The molecule has 3 aromatic carbocycles. The Labute approximate surface area is 244 Å². The van der Waals surface area contributed by atoms with Crippen LogP contribution in [0.3, 0.4) is 0 Å². The van der Waals surface area contributed by atoms with Crippen LogP contribution in [0.15, 0.2) is 89.6 Å². The lowest BCUT2D eigenvalue weighted by atomic mass is 10.0. The predicted octanol–water partition coefficient (Wildman–Crippen LogP) is 7.56. The van der Waals surface area contributed by atoms with Crippen LogP contribution in [-0.4, -0.2) is 33.4 Å². The number of anilines is 1. The third-order valence-corrected chi connectivity index (χ3v) is 8.06. The van der Waals surface area contributed by atoms with Crippen molar-refractivity contribution < 1.29 is 14.3 Å². The topological polar surface area (TPSA) is 94.1 Å². The minimum atomic E-state index is -0.623. The number of benzene rings is 3. The van der Waals surface area contributed by atoms with Gasteiger partial charge in [-0.05, 0) is 43.5 Å². The van der Waals surface area contributed by atoms with Gasteiger partial charge in [0.15, 0.2) is 11.7 Å². The predicted molar refractivity (Wildman–Crippen MR) is 164 cm³/mol. The number of nitrogens with one attached hydrogen (secondary N) is 1. The molecule has 3 heterocycles. The summed E-state index contributed by atoms with van der Waals surface area (Å²) in [5.41, 5.74) is 7.95. The molecule has 0 atom stereocenters. The molecule has 0 aliphatic rings. The summed E-state index contributed by atoms with van der Waals surface area (Å²) in [5.74, 6) is -1.09. The van der Waals surface area contributed by atoms with Gasteiger partial charge in [-0.2, -0.15) is 0 Å². The maximum absolute atomic E-state index is 12.9. The van der Waals surface area contributed by atoms with Gasteiger partial charge in [0.25, 0.3) is 5.91 Å². The fourth-order valence-electron chi connectivity index (χ4n) is 4.25. The summed E-state index contributed by atoms with van der Waals surface area (Å²) in [6, 6.07) is 25.2. The van der Waals surface area contributed by atoms with Crippen molar-refractivity contribution in [2.75, 3.05) is 11.9 Å². The zero-order chi connectivity index (χ0) is 28.3. The van der Waals surface area contributed by atoms with Crippen molar-refractivity contribution in [1.29, 1.82) is 0 Å². The van der Waals surface area contributed by atoms with Crippen LogP contribution < -0.4 is 5.32 Å². The average molecular weight is 577 g/mol. The van der Waals surface area contributed by atoms with E-state index in [1.165, 1.54) is 11.3 Å². The first-order chi connectivity index (χ1) is 19.9. The number of carbonyl (C=O) groups excluding carboxylic acids is 2. The lowest BCUT2D eigenvalue weighted by molar-refractivity contribution is -0.119. The maximum Gasteiger partial charge on any atom is 0.338 e. The minimum absolute atomic E-state index is 0.284. The van der Waals surface area contributed by atoms with Crippen LogP contribution in [0.4, 0.5) is 5.13 Å². The summed E-state index contributed by atoms with van der Waals surface area (Å²) < 4.78 is 5.30. The number of thiophene rings is 1. The van der Waals surface area contributed by atoms with E-state index in [-0.39, 0.29) is 5.56 Å². The van der Waals surface area contributed by atoms with Gasteiger partial charge in [-0.25, -0.2) is 19.7 Å². The Kier molecular flexibility index (Phi) is 7.37. The summed E-state index contributed by atoms with van der Waals surface area (Å²) in [4.78, 5) is 40.6. The van der Waals surface area contributed by atoms with Crippen molar-refractivity contribution in [2.24, 2.45) is 0 Å². The number of ether oxygens (including phenoxy) is 1. The van der Waals surface area contributed by atoms with Crippen molar-refractivity contribution in [3.8, 4) is 33.1 Å². The van der Waals surface area contributed by atoms with Gasteiger partial charge in [-0.15, -0.1) is 22.7 Å². The Bertz CT molecular complexity index is 1860. The van der Waals surface area contributed by atoms with E-state index in [4.69, 9.17) is 14.7 Å². The second-order valence-corrected chi connectivity index (χ2v) is 11.3. The van der Waals surface area contributed by atoms with Gasteiger partial charge >= 0.3 is 5.97 Å². The molecular weight excluding hydrogens is 553 g/mol. The highest BCUT2D eigenvalue weighted by Crippen LogP contribution is 2.32. The van der Waals surface area contributed by atoms with Crippen LogP contribution in [0.5, 0.6) is 0 Å². The first-order valence-electron chi connectivity index (χ1n) is 12.9. The third kappa shape index (κ3) is 5.91. The van der Waals surface area contributed by atoms with Gasteiger partial charge in [-0.3, -0.25) is 10.1 Å². The molecule has 0 radical (unpaired) electrons. The van der Waals surface area contributed by atoms with Gasteiger partial charge in [0, 0.05) is 16.5 Å². The average Bonchev–Trinajstić information content (AvgIpc) is 3.68. The van der Waals surface area contributed by atoms with Crippen molar-refractivity contribution in [3.05, 3.63) is 106 Å². The Balaban J connectivity index is 1.22. The molecule has 1 N–H and O–H groups in total. The normalized spacial score (nSPS) is 11.0. The van der Waals surface area contributed by atoms with E-state index < -0.39 is 18.5 Å². The van der Waals surface area contributed by atoms with E-state index >= 15 is 0 Å². The number of nitrogens with zero attached hydrogens (tertiary/aromatic N) is 3. The summed E-state index contributed by atoms with van der Waals surface area (Å²) in [6.07, 6.45) is 0. The first-order valence-corrected chi connectivity index (χ1v) is 14.6. The summed E-state index contributed by atoms with van der Waals surface area (Å²) in [6.45, 7) is 3.65. The second kappa shape index (κ2) is 11.4. The number of fused-ring (bicyclic) bond motifs is 1. The number of aromatic nitrogens is 3. The largest absolute Gasteiger partial charge is 0.452 e. The molecule has 0 bridgehead atoms. The van der Waals surface area contributed by atoms with E-state index in [0.717, 1.165) is 44.2 Å². The zero-order valence-electron chi connectivity index (χ0n) is 22.3. The molecule has 3 aromatic heterocycles. The fourth-order valence-corrected chi connectivity index (χ4v) is 5.73. The van der Waals surface area contributed by atoms with Gasteiger partial charge < -0.3 is 4.74 Å². The molecule has 0 aliphatic heterocycles. The highest BCUT2D eigenvalue weighted by molar-refractivity contribution is 7.16. The third-order valence-electron chi connectivity index (χ3n) is 6.41. The van der Waals surface area contributed by atoms with Crippen LogP contribution in [0.2, 0.25) is 0 Å². The van der Waals surface area contributed by atoms with Gasteiger partial charge in [0.2, 0.25) is 0 Å². The van der Waals surface area contributed by atoms with Crippen molar-refractivity contribution in [1.82, 2.24) is 15.0 Å². The number of hydrogen-bond donors (Lipinski definition) is 1. The summed E-state index contributed by atoms with van der Waals surface area (Å²) in [7, 11) is 0. The molecule has 7 nitrogen and oxygen atoms in total. The van der Waals surface area contributed by atoms with E-state index in [1.54, 1.807) is 29.5 Å². The van der Waals surface area contributed by atoms with Gasteiger partial charge in [0.05, 0.1) is 38.6 Å². The SMILES string of the molecule is Cc1ccc(-c2nc3ccc(C(=O)OCC(=O)Nc4nc(-c5cccs5)cs4)cc3nc2-c2ccc(C)cc2)cc1. The second-order valence-electron chi connectivity index (χ2n) is 9.50. The van der Waals surface area contributed by atoms with E-state index in [1.807, 2.05) is 85.3 Å². The van der Waals surface area contributed by atoms with E-state index in [2.05, 4.69) is 10.3 Å². The zero-order valence-corrected chi connectivity index (χ0v) is 23.9. The molecule has 9 heteroatoms. The van der Waals surface area contributed by atoms with Crippen molar-refractivity contribution in [2.45, 2.75) is 13.8 Å². The monoisotopic (exact) mass is 576 g/mol. The molecule has 0 fully saturated rings. The summed E-state index contributed by atoms with van der Waals surface area (Å²) in [5, 5.41) is 6.98. The lowest BCUT2D eigenvalue weighted by Crippen LogP contribution is -2.20. The number of hydrogen-bond acceptors (Lipinski definition) is 8. The Morgan fingerprint density at radius 3 is 2.07 bits per heavy atom. The van der Waals surface area contributed by atoms with Gasteiger partial charge in [-0.1, -0.05) is 65.7 Å².